The average molecular weight is 242 g/mol. The normalized spacial score (nSPS) is 10.2. The van der Waals surface area contributed by atoms with E-state index in [2.05, 4.69) is 9.97 Å². The third-order valence-electron chi connectivity index (χ3n) is 2.48. The van der Waals surface area contributed by atoms with E-state index in [1.54, 1.807) is 13.8 Å². The van der Waals surface area contributed by atoms with Crippen LogP contribution in [0.2, 0.25) is 0 Å². The maximum absolute atomic E-state index is 11.0. The van der Waals surface area contributed by atoms with Crippen LogP contribution in [-0.4, -0.2) is 15.9 Å². The lowest BCUT2D eigenvalue weighted by Crippen LogP contribution is -2.07. The molecule has 0 radical (unpaired) electrons. The highest BCUT2D eigenvalue weighted by atomic mass is 16.5. The summed E-state index contributed by atoms with van der Waals surface area (Å²) in [6.07, 6.45) is 0. The SMILES string of the molecule is CC(=O)Oc1c(C)nc(-c2ccccc2)nc1C. The van der Waals surface area contributed by atoms with E-state index in [-0.39, 0.29) is 5.97 Å². The number of esters is 1. The van der Waals surface area contributed by atoms with Crippen LogP contribution < -0.4 is 4.74 Å². The molecule has 0 amide bonds. The van der Waals surface area contributed by atoms with Crippen LogP contribution in [0, 0.1) is 13.8 Å². The Hall–Kier alpha value is -2.23. The van der Waals surface area contributed by atoms with Crippen LogP contribution in [0.15, 0.2) is 30.3 Å². The van der Waals surface area contributed by atoms with E-state index in [1.807, 2.05) is 30.3 Å². The number of hydrogen-bond donors (Lipinski definition) is 0. The fourth-order valence-corrected chi connectivity index (χ4v) is 1.71. The molecule has 92 valence electrons. The van der Waals surface area contributed by atoms with E-state index in [0.717, 1.165) is 5.56 Å². The van der Waals surface area contributed by atoms with Crippen LogP contribution >= 0.6 is 0 Å². The Labute approximate surface area is 106 Å². The van der Waals surface area contributed by atoms with Crippen LogP contribution in [0.1, 0.15) is 18.3 Å². The van der Waals surface area contributed by atoms with Gasteiger partial charge in [0.25, 0.3) is 0 Å². The number of carbonyl (C=O) groups excluding carboxylic acids is 1. The number of aromatic nitrogens is 2. The summed E-state index contributed by atoms with van der Waals surface area (Å²) in [6, 6.07) is 9.70. The van der Waals surface area contributed by atoms with E-state index in [4.69, 9.17) is 4.74 Å². The minimum Gasteiger partial charge on any atom is -0.423 e. The Bertz CT molecular complexity index is 557. The minimum absolute atomic E-state index is 0.364. The maximum atomic E-state index is 11.0. The summed E-state index contributed by atoms with van der Waals surface area (Å²) in [5.74, 6) is 0.723. The van der Waals surface area contributed by atoms with E-state index in [1.165, 1.54) is 6.92 Å². The quantitative estimate of drug-likeness (QED) is 0.760. The molecule has 0 N–H and O–H groups in total. The predicted molar refractivity (Wildman–Crippen MR) is 68.3 cm³/mol. The van der Waals surface area contributed by atoms with E-state index in [9.17, 15) is 4.79 Å². The van der Waals surface area contributed by atoms with Gasteiger partial charge in [0.05, 0.1) is 11.4 Å². The molecule has 0 bridgehead atoms. The van der Waals surface area contributed by atoms with Crippen molar-refractivity contribution in [2.45, 2.75) is 20.8 Å². The first kappa shape index (κ1) is 12.2. The van der Waals surface area contributed by atoms with Gasteiger partial charge in [-0.15, -0.1) is 0 Å². The Morgan fingerprint density at radius 1 is 1.06 bits per heavy atom. The van der Waals surface area contributed by atoms with Crippen LogP contribution in [0.3, 0.4) is 0 Å². The number of rotatable bonds is 2. The summed E-state index contributed by atoms with van der Waals surface area (Å²) < 4.78 is 5.10. The minimum atomic E-state index is -0.364. The van der Waals surface area contributed by atoms with Crippen molar-refractivity contribution in [3.05, 3.63) is 41.7 Å². The van der Waals surface area contributed by atoms with Crippen LogP contribution in [0.5, 0.6) is 5.75 Å². The number of aryl methyl sites for hydroxylation is 2. The van der Waals surface area contributed by atoms with E-state index in [0.29, 0.717) is 23.0 Å². The lowest BCUT2D eigenvalue weighted by Gasteiger charge is -2.09. The molecule has 0 saturated heterocycles. The van der Waals surface area contributed by atoms with Gasteiger partial charge >= 0.3 is 5.97 Å². The first-order valence-corrected chi connectivity index (χ1v) is 5.67. The molecule has 1 aromatic heterocycles. The number of ether oxygens (including phenoxy) is 1. The Kier molecular flexibility index (Phi) is 3.37. The Morgan fingerprint density at radius 2 is 1.61 bits per heavy atom. The second kappa shape index (κ2) is 4.96. The summed E-state index contributed by atoms with van der Waals surface area (Å²) in [5, 5.41) is 0. The Balaban J connectivity index is 2.46. The van der Waals surface area contributed by atoms with Crippen LogP contribution in [0.4, 0.5) is 0 Å². The van der Waals surface area contributed by atoms with Gasteiger partial charge in [-0.2, -0.15) is 0 Å². The largest absolute Gasteiger partial charge is 0.423 e. The molecule has 0 aliphatic heterocycles. The molecule has 0 atom stereocenters. The summed E-state index contributed by atoms with van der Waals surface area (Å²) in [5.41, 5.74) is 2.27. The highest BCUT2D eigenvalue weighted by Gasteiger charge is 2.12. The van der Waals surface area contributed by atoms with Gasteiger partial charge in [0.2, 0.25) is 0 Å². The van der Waals surface area contributed by atoms with Gasteiger partial charge in [-0.25, -0.2) is 9.97 Å². The monoisotopic (exact) mass is 242 g/mol. The highest BCUT2D eigenvalue weighted by Crippen LogP contribution is 2.24. The van der Waals surface area contributed by atoms with Crippen LogP contribution in [-0.2, 0) is 4.79 Å². The van der Waals surface area contributed by atoms with Crippen molar-refractivity contribution in [1.29, 1.82) is 0 Å². The van der Waals surface area contributed by atoms with Crippen molar-refractivity contribution >= 4 is 5.97 Å². The summed E-state index contributed by atoms with van der Waals surface area (Å²) in [7, 11) is 0. The second-order valence-corrected chi connectivity index (χ2v) is 4.01. The lowest BCUT2D eigenvalue weighted by molar-refractivity contribution is -0.132. The zero-order valence-corrected chi connectivity index (χ0v) is 10.6. The first-order chi connectivity index (χ1) is 8.58. The number of hydrogen-bond acceptors (Lipinski definition) is 4. The topological polar surface area (TPSA) is 52.1 Å². The van der Waals surface area contributed by atoms with Gasteiger partial charge in [0.1, 0.15) is 0 Å². The summed E-state index contributed by atoms with van der Waals surface area (Å²) in [4.78, 5) is 19.7. The molecule has 2 rings (SSSR count). The molecule has 2 aromatic rings. The molecule has 0 fully saturated rings. The number of nitrogens with zero attached hydrogens (tertiary/aromatic N) is 2. The molecule has 4 heteroatoms. The first-order valence-electron chi connectivity index (χ1n) is 5.67. The lowest BCUT2D eigenvalue weighted by atomic mass is 10.2. The van der Waals surface area contributed by atoms with Gasteiger partial charge in [0.15, 0.2) is 11.6 Å². The van der Waals surface area contributed by atoms with Crippen molar-refractivity contribution in [3.8, 4) is 17.1 Å². The van der Waals surface area contributed by atoms with Crippen molar-refractivity contribution < 1.29 is 9.53 Å². The maximum Gasteiger partial charge on any atom is 0.308 e. The van der Waals surface area contributed by atoms with Gasteiger partial charge in [0, 0.05) is 12.5 Å². The fourth-order valence-electron chi connectivity index (χ4n) is 1.71. The fraction of sp³-hybridized carbons (Fsp3) is 0.214. The Morgan fingerprint density at radius 3 is 2.11 bits per heavy atom. The predicted octanol–water partition coefficient (Wildman–Crippen LogP) is 2.69. The smallest absolute Gasteiger partial charge is 0.308 e. The van der Waals surface area contributed by atoms with Gasteiger partial charge < -0.3 is 4.74 Å². The molecule has 1 aromatic carbocycles. The van der Waals surface area contributed by atoms with E-state index < -0.39 is 0 Å². The third-order valence-corrected chi connectivity index (χ3v) is 2.48. The molecular formula is C14H14N2O2. The van der Waals surface area contributed by atoms with Crippen molar-refractivity contribution in [3.63, 3.8) is 0 Å². The zero-order valence-electron chi connectivity index (χ0n) is 10.6. The summed E-state index contributed by atoms with van der Waals surface area (Å²) >= 11 is 0. The molecule has 0 aliphatic rings. The zero-order chi connectivity index (χ0) is 13.1. The van der Waals surface area contributed by atoms with Crippen molar-refractivity contribution in [2.75, 3.05) is 0 Å². The molecule has 0 saturated carbocycles. The molecular weight excluding hydrogens is 228 g/mol. The summed E-state index contributed by atoms with van der Waals surface area (Å²) in [6.45, 7) is 4.97. The average Bonchev–Trinajstić information content (AvgIpc) is 2.34. The molecule has 4 nitrogen and oxygen atoms in total. The standard InChI is InChI=1S/C14H14N2O2/c1-9-13(18-11(3)17)10(2)16-14(15-9)12-7-5-4-6-8-12/h4-8H,1-3H3. The van der Waals surface area contributed by atoms with Gasteiger partial charge in [-0.05, 0) is 13.8 Å². The van der Waals surface area contributed by atoms with Crippen LogP contribution in [0.25, 0.3) is 11.4 Å². The van der Waals surface area contributed by atoms with Crippen molar-refractivity contribution in [2.24, 2.45) is 0 Å². The molecule has 1 heterocycles. The van der Waals surface area contributed by atoms with E-state index >= 15 is 0 Å². The number of carbonyl (C=O) groups is 1. The molecule has 18 heavy (non-hydrogen) atoms. The highest BCUT2D eigenvalue weighted by molar-refractivity contribution is 5.70. The third kappa shape index (κ3) is 2.53. The van der Waals surface area contributed by atoms with Gasteiger partial charge in [-0.3, -0.25) is 4.79 Å². The molecule has 0 unspecified atom stereocenters. The van der Waals surface area contributed by atoms with Gasteiger partial charge in [-0.1, -0.05) is 30.3 Å². The molecule has 0 spiro atoms. The van der Waals surface area contributed by atoms with Crippen molar-refractivity contribution in [1.82, 2.24) is 9.97 Å². The second-order valence-electron chi connectivity index (χ2n) is 4.01. The molecule has 0 aliphatic carbocycles. The number of benzene rings is 1.